The first-order valence-electron chi connectivity index (χ1n) is 7.43. The van der Waals surface area contributed by atoms with Crippen LogP contribution in [-0.2, 0) is 0 Å². The van der Waals surface area contributed by atoms with E-state index in [0.29, 0.717) is 17.6 Å². The van der Waals surface area contributed by atoms with E-state index in [1.807, 2.05) is 12.1 Å². The van der Waals surface area contributed by atoms with Crippen LogP contribution in [0.5, 0.6) is 5.75 Å². The topological polar surface area (TPSA) is 20.2 Å². The van der Waals surface area contributed by atoms with Gasteiger partial charge in [0.15, 0.2) is 0 Å². The van der Waals surface area contributed by atoms with Gasteiger partial charge in [0.1, 0.15) is 5.75 Å². The third-order valence-corrected chi connectivity index (χ3v) is 5.45. The van der Waals surface area contributed by atoms with Gasteiger partial charge in [-0.2, -0.15) is 0 Å². The van der Waals surface area contributed by atoms with Crippen LogP contribution in [-0.4, -0.2) is 5.11 Å². The van der Waals surface area contributed by atoms with Gasteiger partial charge in [0.05, 0.1) is 0 Å². The van der Waals surface area contributed by atoms with Crippen LogP contribution in [0.2, 0.25) is 0 Å². The summed E-state index contributed by atoms with van der Waals surface area (Å²) < 4.78 is 0. The average Bonchev–Trinajstić information content (AvgIpc) is 2.80. The molecule has 3 aliphatic rings. The molecule has 0 aliphatic heterocycles. The normalized spacial score (nSPS) is 31.9. The van der Waals surface area contributed by atoms with E-state index in [2.05, 4.69) is 25.1 Å². The molecule has 1 N–H and O–H groups in total. The molecular formula is C18H20O. The van der Waals surface area contributed by atoms with E-state index in [1.54, 1.807) is 11.1 Å². The zero-order chi connectivity index (χ0) is 13.0. The first-order chi connectivity index (χ1) is 9.24. The minimum atomic E-state index is 0.384. The summed E-state index contributed by atoms with van der Waals surface area (Å²) in [4.78, 5) is 0. The molecule has 0 amide bonds. The van der Waals surface area contributed by atoms with Crippen LogP contribution in [0, 0.1) is 11.8 Å². The van der Waals surface area contributed by atoms with Crippen molar-refractivity contribution in [3.63, 3.8) is 0 Å². The number of hydrogen-bond donors (Lipinski definition) is 1. The molecule has 0 bridgehead atoms. The summed E-state index contributed by atoms with van der Waals surface area (Å²) in [6.45, 7) is 2.33. The second-order valence-corrected chi connectivity index (χ2v) is 6.35. The maximum atomic E-state index is 9.63. The zero-order valence-corrected chi connectivity index (χ0v) is 11.4. The predicted molar refractivity (Wildman–Crippen MR) is 78.0 cm³/mol. The number of benzene rings is 1. The fourth-order valence-corrected chi connectivity index (χ4v) is 4.52. The molecule has 0 heterocycles. The quantitative estimate of drug-likeness (QED) is 0.667. The minimum absolute atomic E-state index is 0.384. The molecular weight excluding hydrogens is 232 g/mol. The van der Waals surface area contributed by atoms with Crippen LogP contribution in [0.3, 0.4) is 0 Å². The monoisotopic (exact) mass is 252 g/mol. The molecule has 98 valence electrons. The summed E-state index contributed by atoms with van der Waals surface area (Å²) >= 11 is 0. The summed E-state index contributed by atoms with van der Waals surface area (Å²) in [6, 6.07) is 5.90. The Balaban J connectivity index is 1.77. The minimum Gasteiger partial charge on any atom is -0.508 e. The van der Waals surface area contributed by atoms with Crippen molar-refractivity contribution in [3.05, 3.63) is 46.5 Å². The Morgan fingerprint density at radius 3 is 2.84 bits per heavy atom. The molecule has 3 atom stereocenters. The van der Waals surface area contributed by atoms with Crippen molar-refractivity contribution in [2.75, 3.05) is 0 Å². The molecule has 19 heavy (non-hydrogen) atoms. The van der Waals surface area contributed by atoms with Gasteiger partial charge in [0, 0.05) is 0 Å². The molecule has 4 rings (SSSR count). The van der Waals surface area contributed by atoms with E-state index in [0.717, 1.165) is 5.92 Å². The molecule has 0 radical (unpaired) electrons. The maximum Gasteiger partial charge on any atom is 0.116 e. The summed E-state index contributed by atoms with van der Waals surface area (Å²) in [6.07, 6.45) is 9.85. The highest BCUT2D eigenvalue weighted by Crippen LogP contribution is 2.53. The van der Waals surface area contributed by atoms with Crippen molar-refractivity contribution >= 4 is 6.08 Å². The predicted octanol–water partition coefficient (Wildman–Crippen LogP) is 4.64. The van der Waals surface area contributed by atoms with E-state index in [4.69, 9.17) is 0 Å². The van der Waals surface area contributed by atoms with Gasteiger partial charge >= 0.3 is 0 Å². The lowest BCUT2D eigenvalue weighted by molar-refractivity contribution is 0.315. The van der Waals surface area contributed by atoms with Gasteiger partial charge in [0.25, 0.3) is 0 Å². The Kier molecular flexibility index (Phi) is 2.38. The van der Waals surface area contributed by atoms with E-state index >= 15 is 0 Å². The third kappa shape index (κ3) is 1.60. The number of allylic oxidation sites excluding steroid dienone is 3. The Labute approximate surface area is 114 Å². The maximum absolute atomic E-state index is 9.63. The number of hydrogen-bond acceptors (Lipinski definition) is 1. The molecule has 0 aromatic heterocycles. The smallest absolute Gasteiger partial charge is 0.116 e. The van der Waals surface area contributed by atoms with Gasteiger partial charge < -0.3 is 5.11 Å². The highest BCUT2D eigenvalue weighted by atomic mass is 16.3. The molecule has 1 aromatic rings. The molecule has 0 spiro atoms. The van der Waals surface area contributed by atoms with Crippen LogP contribution < -0.4 is 0 Å². The number of aromatic hydroxyl groups is 1. The zero-order valence-electron chi connectivity index (χ0n) is 11.4. The van der Waals surface area contributed by atoms with Crippen LogP contribution in [0.15, 0.2) is 35.4 Å². The second kappa shape index (κ2) is 4.00. The van der Waals surface area contributed by atoms with Gasteiger partial charge in [-0.25, -0.2) is 0 Å². The molecule has 3 unspecified atom stereocenters. The second-order valence-electron chi connectivity index (χ2n) is 6.35. The third-order valence-electron chi connectivity index (χ3n) is 5.45. The van der Waals surface area contributed by atoms with Crippen molar-refractivity contribution in [2.24, 2.45) is 11.8 Å². The lowest BCUT2D eigenvalue weighted by atomic mass is 9.65. The number of phenolic OH excluding ortho intramolecular Hbond substituents is 1. The molecule has 0 saturated heterocycles. The Hall–Kier alpha value is -1.50. The first-order valence-corrected chi connectivity index (χ1v) is 7.43. The summed E-state index contributed by atoms with van der Waals surface area (Å²) in [7, 11) is 0. The fraction of sp³-hybridized carbons (Fsp3) is 0.444. The fourth-order valence-electron chi connectivity index (χ4n) is 4.52. The highest BCUT2D eigenvalue weighted by Gasteiger charge is 2.40. The number of rotatable bonds is 0. The van der Waals surface area contributed by atoms with E-state index < -0.39 is 0 Å². The van der Waals surface area contributed by atoms with E-state index in [-0.39, 0.29) is 0 Å². The number of phenols is 1. The first kappa shape index (κ1) is 11.3. The van der Waals surface area contributed by atoms with E-state index in [1.165, 1.54) is 36.8 Å². The molecule has 1 fully saturated rings. The van der Waals surface area contributed by atoms with Crippen molar-refractivity contribution in [1.82, 2.24) is 0 Å². The lowest BCUT2D eigenvalue weighted by Gasteiger charge is -2.39. The summed E-state index contributed by atoms with van der Waals surface area (Å²) in [5, 5.41) is 9.63. The van der Waals surface area contributed by atoms with Crippen molar-refractivity contribution in [2.45, 2.75) is 38.5 Å². The highest BCUT2D eigenvalue weighted by molar-refractivity contribution is 5.61. The molecule has 1 saturated carbocycles. The average molecular weight is 252 g/mol. The Morgan fingerprint density at radius 1 is 1.11 bits per heavy atom. The summed E-state index contributed by atoms with van der Waals surface area (Å²) in [5.41, 5.74) is 6.10. The summed E-state index contributed by atoms with van der Waals surface area (Å²) in [5.74, 6) is 2.53. The van der Waals surface area contributed by atoms with Crippen LogP contribution in [0.1, 0.15) is 49.7 Å². The standard InChI is InChI=1S/C18H20O/c1-11-2-5-16-14(11)8-9-17-15-7-4-13(19)10-12(15)3-6-18(16)17/h3-4,6-7,10,16-19H,2,5,8-9H2,1H3. The van der Waals surface area contributed by atoms with Crippen LogP contribution in [0.4, 0.5) is 0 Å². The van der Waals surface area contributed by atoms with Crippen LogP contribution >= 0.6 is 0 Å². The van der Waals surface area contributed by atoms with Gasteiger partial charge in [-0.1, -0.05) is 29.4 Å². The Bertz CT molecular complexity index is 594. The molecule has 3 aliphatic carbocycles. The lowest BCUT2D eigenvalue weighted by Crippen LogP contribution is -2.27. The molecule has 1 heteroatoms. The van der Waals surface area contributed by atoms with E-state index in [9.17, 15) is 5.11 Å². The molecule has 1 nitrogen and oxygen atoms in total. The van der Waals surface area contributed by atoms with Crippen molar-refractivity contribution in [3.8, 4) is 5.75 Å². The van der Waals surface area contributed by atoms with Gasteiger partial charge in [-0.05, 0) is 73.6 Å². The van der Waals surface area contributed by atoms with Crippen molar-refractivity contribution < 1.29 is 5.11 Å². The van der Waals surface area contributed by atoms with Gasteiger partial charge in [-0.3, -0.25) is 0 Å². The van der Waals surface area contributed by atoms with Crippen LogP contribution in [0.25, 0.3) is 6.08 Å². The largest absolute Gasteiger partial charge is 0.508 e. The number of fused-ring (bicyclic) bond motifs is 5. The molecule has 1 aromatic carbocycles. The van der Waals surface area contributed by atoms with Crippen molar-refractivity contribution in [1.29, 1.82) is 0 Å². The SMILES string of the molecule is CC1=C2CCC3c4ccc(O)cc4C=CC3C2CC1. The Morgan fingerprint density at radius 2 is 1.95 bits per heavy atom. The van der Waals surface area contributed by atoms with Gasteiger partial charge in [-0.15, -0.1) is 0 Å². The van der Waals surface area contributed by atoms with Gasteiger partial charge in [0.2, 0.25) is 0 Å².